The molecule has 1 unspecified atom stereocenters. The second kappa shape index (κ2) is 13.3. The van der Waals surface area contributed by atoms with Crippen LogP contribution in [0.15, 0.2) is 42.5 Å². The number of carbonyl (C=O) groups excluding carboxylic acids is 2. The summed E-state index contributed by atoms with van der Waals surface area (Å²) in [5.41, 5.74) is 4.54. The van der Waals surface area contributed by atoms with E-state index in [-0.39, 0.29) is 30.8 Å². The minimum atomic E-state index is -3.53. The highest BCUT2D eigenvalue weighted by molar-refractivity contribution is 7.92. The predicted molar refractivity (Wildman–Crippen MR) is 154 cm³/mol. The summed E-state index contributed by atoms with van der Waals surface area (Å²) in [4.78, 5) is 28.6. The fourth-order valence-corrected chi connectivity index (χ4v) is 6.28. The van der Waals surface area contributed by atoms with Gasteiger partial charge in [-0.05, 0) is 69.2 Å². The van der Waals surface area contributed by atoms with Crippen LogP contribution in [0, 0.1) is 20.8 Å². The van der Waals surface area contributed by atoms with Gasteiger partial charge in [-0.2, -0.15) is 0 Å². The van der Waals surface area contributed by atoms with Gasteiger partial charge in [0.2, 0.25) is 21.8 Å². The Morgan fingerprint density at radius 2 is 1.71 bits per heavy atom. The molecule has 0 saturated heterocycles. The number of anilines is 1. The van der Waals surface area contributed by atoms with Crippen molar-refractivity contribution in [1.29, 1.82) is 0 Å². The SMILES string of the molecule is CCC(C(=O)NC1CCCC1)N(Cc1cccc(C)c1)C(=O)CCCN(c1cc(C)ccc1C)S(C)(=O)=O. The molecule has 1 aliphatic rings. The minimum Gasteiger partial charge on any atom is -0.352 e. The maximum absolute atomic E-state index is 13.6. The van der Waals surface area contributed by atoms with Crippen LogP contribution in [0.4, 0.5) is 5.69 Å². The van der Waals surface area contributed by atoms with Gasteiger partial charge in [-0.15, -0.1) is 0 Å². The molecule has 38 heavy (non-hydrogen) atoms. The molecule has 7 nitrogen and oxygen atoms in total. The number of carbonyl (C=O) groups is 2. The van der Waals surface area contributed by atoms with E-state index in [0.29, 0.717) is 25.1 Å². The van der Waals surface area contributed by atoms with E-state index in [2.05, 4.69) is 5.32 Å². The number of sulfonamides is 1. The molecule has 208 valence electrons. The fourth-order valence-electron chi connectivity index (χ4n) is 5.26. The smallest absolute Gasteiger partial charge is 0.243 e. The summed E-state index contributed by atoms with van der Waals surface area (Å²) >= 11 is 0. The molecule has 0 aromatic heterocycles. The summed E-state index contributed by atoms with van der Waals surface area (Å²) in [5, 5.41) is 3.17. The summed E-state index contributed by atoms with van der Waals surface area (Å²) in [6, 6.07) is 13.3. The van der Waals surface area contributed by atoms with Crippen LogP contribution in [-0.2, 0) is 26.2 Å². The Bertz CT molecular complexity index is 1220. The summed E-state index contributed by atoms with van der Waals surface area (Å²) in [5.74, 6) is -0.247. The first-order valence-corrected chi connectivity index (χ1v) is 15.5. The van der Waals surface area contributed by atoms with Gasteiger partial charge in [-0.3, -0.25) is 13.9 Å². The summed E-state index contributed by atoms with van der Waals surface area (Å²) < 4.78 is 26.7. The lowest BCUT2D eigenvalue weighted by atomic mass is 10.1. The molecule has 2 aromatic carbocycles. The number of aryl methyl sites for hydroxylation is 3. The molecule has 0 aliphatic heterocycles. The average molecular weight is 542 g/mol. The van der Waals surface area contributed by atoms with Crippen molar-refractivity contribution in [2.75, 3.05) is 17.1 Å². The summed E-state index contributed by atoms with van der Waals surface area (Å²) in [7, 11) is -3.53. The lowest BCUT2D eigenvalue weighted by Gasteiger charge is -2.32. The summed E-state index contributed by atoms with van der Waals surface area (Å²) in [6.45, 7) is 8.28. The lowest BCUT2D eigenvalue weighted by Crippen LogP contribution is -2.51. The average Bonchev–Trinajstić information content (AvgIpc) is 3.35. The van der Waals surface area contributed by atoms with Crippen LogP contribution in [-0.4, -0.2) is 50.0 Å². The van der Waals surface area contributed by atoms with Gasteiger partial charge in [-0.1, -0.05) is 61.7 Å². The number of benzene rings is 2. The zero-order chi connectivity index (χ0) is 27.9. The highest BCUT2D eigenvalue weighted by atomic mass is 32.2. The Hall–Kier alpha value is -2.87. The van der Waals surface area contributed by atoms with Crippen molar-refractivity contribution in [1.82, 2.24) is 10.2 Å². The Morgan fingerprint density at radius 1 is 1.03 bits per heavy atom. The zero-order valence-corrected chi connectivity index (χ0v) is 24.3. The van der Waals surface area contributed by atoms with Gasteiger partial charge >= 0.3 is 0 Å². The number of amides is 2. The Kier molecular flexibility index (Phi) is 10.4. The highest BCUT2D eigenvalue weighted by Gasteiger charge is 2.31. The van der Waals surface area contributed by atoms with Crippen LogP contribution in [0.3, 0.4) is 0 Å². The minimum absolute atomic E-state index is 0.103. The molecule has 1 aliphatic carbocycles. The monoisotopic (exact) mass is 541 g/mol. The molecule has 2 amide bonds. The topological polar surface area (TPSA) is 86.8 Å². The van der Waals surface area contributed by atoms with Crippen molar-refractivity contribution in [3.63, 3.8) is 0 Å². The van der Waals surface area contributed by atoms with E-state index < -0.39 is 16.1 Å². The van der Waals surface area contributed by atoms with Gasteiger partial charge in [-0.25, -0.2) is 8.42 Å². The molecular weight excluding hydrogens is 498 g/mol. The van der Waals surface area contributed by atoms with Crippen molar-refractivity contribution < 1.29 is 18.0 Å². The van der Waals surface area contributed by atoms with Crippen molar-refractivity contribution >= 4 is 27.5 Å². The van der Waals surface area contributed by atoms with E-state index >= 15 is 0 Å². The molecule has 3 rings (SSSR count). The van der Waals surface area contributed by atoms with Gasteiger partial charge in [0, 0.05) is 25.6 Å². The van der Waals surface area contributed by atoms with Gasteiger partial charge in [0.05, 0.1) is 11.9 Å². The number of hydrogen-bond donors (Lipinski definition) is 1. The van der Waals surface area contributed by atoms with Crippen LogP contribution in [0.25, 0.3) is 0 Å². The van der Waals surface area contributed by atoms with Crippen molar-refractivity contribution in [2.24, 2.45) is 0 Å². The van der Waals surface area contributed by atoms with Crippen molar-refractivity contribution in [3.05, 3.63) is 64.7 Å². The first-order chi connectivity index (χ1) is 18.0. The quantitative estimate of drug-likeness (QED) is 0.409. The second-order valence-corrected chi connectivity index (χ2v) is 12.6. The van der Waals surface area contributed by atoms with Crippen LogP contribution in [0.5, 0.6) is 0 Å². The van der Waals surface area contributed by atoms with Gasteiger partial charge in [0.25, 0.3) is 0 Å². The van der Waals surface area contributed by atoms with Crippen LogP contribution >= 0.6 is 0 Å². The van der Waals surface area contributed by atoms with Crippen LogP contribution in [0.1, 0.15) is 74.1 Å². The standard InChI is InChI=1S/C30H43N3O4S/c1-6-27(30(35)31-26-13-7-8-14-26)32(21-25-12-9-11-22(2)19-25)29(34)15-10-18-33(38(5,36)37)28-20-23(3)16-17-24(28)4/h9,11-12,16-17,19-20,26-27H,6-8,10,13-15,18,21H2,1-5H3,(H,31,35). The van der Waals surface area contributed by atoms with E-state index in [4.69, 9.17) is 0 Å². The zero-order valence-electron chi connectivity index (χ0n) is 23.5. The fraction of sp³-hybridized carbons (Fsp3) is 0.533. The molecule has 0 heterocycles. The third-order valence-corrected chi connectivity index (χ3v) is 8.49. The lowest BCUT2D eigenvalue weighted by molar-refractivity contribution is -0.141. The summed E-state index contributed by atoms with van der Waals surface area (Å²) in [6.07, 6.45) is 6.40. The van der Waals surface area contributed by atoms with E-state index in [9.17, 15) is 18.0 Å². The highest BCUT2D eigenvalue weighted by Crippen LogP contribution is 2.25. The van der Waals surface area contributed by atoms with Gasteiger partial charge in [0.15, 0.2) is 0 Å². The van der Waals surface area contributed by atoms with Crippen LogP contribution < -0.4 is 9.62 Å². The van der Waals surface area contributed by atoms with E-state index in [0.717, 1.165) is 47.9 Å². The molecule has 2 aromatic rings. The number of rotatable bonds is 12. The molecule has 0 spiro atoms. The number of hydrogen-bond acceptors (Lipinski definition) is 4. The molecule has 8 heteroatoms. The molecule has 1 N–H and O–H groups in total. The van der Waals surface area contributed by atoms with Gasteiger partial charge in [0.1, 0.15) is 6.04 Å². The Balaban J connectivity index is 1.78. The largest absolute Gasteiger partial charge is 0.352 e. The first kappa shape index (κ1) is 29.7. The molecule has 1 fully saturated rings. The van der Waals surface area contributed by atoms with Crippen molar-refractivity contribution in [3.8, 4) is 0 Å². The Morgan fingerprint density at radius 3 is 2.34 bits per heavy atom. The molecule has 0 bridgehead atoms. The maximum Gasteiger partial charge on any atom is 0.243 e. The molecule has 1 atom stereocenters. The number of nitrogens with zero attached hydrogens (tertiary/aromatic N) is 2. The third kappa shape index (κ3) is 8.06. The third-order valence-electron chi connectivity index (χ3n) is 7.31. The Labute approximate surface area is 228 Å². The first-order valence-electron chi connectivity index (χ1n) is 13.7. The predicted octanol–water partition coefficient (Wildman–Crippen LogP) is 5.02. The molecule has 1 saturated carbocycles. The second-order valence-electron chi connectivity index (χ2n) is 10.7. The van der Waals surface area contributed by atoms with Crippen molar-refractivity contribution in [2.45, 2.75) is 91.3 Å². The van der Waals surface area contributed by atoms with E-state index in [1.54, 1.807) is 4.90 Å². The van der Waals surface area contributed by atoms with E-state index in [1.807, 2.05) is 70.2 Å². The number of nitrogens with one attached hydrogen (secondary N) is 1. The normalized spacial score (nSPS) is 14.8. The van der Waals surface area contributed by atoms with E-state index in [1.165, 1.54) is 10.6 Å². The molecule has 0 radical (unpaired) electrons. The van der Waals surface area contributed by atoms with Crippen LogP contribution in [0.2, 0.25) is 0 Å². The maximum atomic E-state index is 13.6. The molecular formula is C30H43N3O4S. The van der Waals surface area contributed by atoms with Gasteiger partial charge < -0.3 is 10.2 Å².